The van der Waals surface area contributed by atoms with E-state index in [0.29, 0.717) is 0 Å². The van der Waals surface area contributed by atoms with Crippen LogP contribution < -0.4 is 10.2 Å². The van der Waals surface area contributed by atoms with E-state index in [1.807, 2.05) is 6.07 Å². The van der Waals surface area contributed by atoms with Crippen molar-refractivity contribution in [2.45, 2.75) is 26.3 Å². The Kier molecular flexibility index (Phi) is 6.14. The third kappa shape index (κ3) is 3.87. The van der Waals surface area contributed by atoms with Crippen LogP contribution in [0.4, 0.5) is 5.69 Å². The number of halogens is 1. The third-order valence-corrected chi connectivity index (χ3v) is 4.44. The number of benzene rings is 1. The fourth-order valence-corrected chi connectivity index (χ4v) is 3.03. The van der Waals surface area contributed by atoms with E-state index in [1.165, 1.54) is 24.1 Å². The van der Waals surface area contributed by atoms with E-state index in [9.17, 15) is 0 Å². The van der Waals surface area contributed by atoms with Crippen LogP contribution in [0.25, 0.3) is 0 Å². The van der Waals surface area contributed by atoms with Crippen LogP contribution in [0.15, 0.2) is 18.2 Å². The summed E-state index contributed by atoms with van der Waals surface area (Å²) >= 11 is 6.39. The summed E-state index contributed by atoms with van der Waals surface area (Å²) in [4.78, 5) is 2.48. The van der Waals surface area contributed by atoms with Crippen molar-refractivity contribution in [2.75, 3.05) is 38.3 Å². The molecule has 0 bridgehead atoms. The quantitative estimate of drug-likeness (QED) is 0.781. The molecule has 1 atom stereocenters. The van der Waals surface area contributed by atoms with Crippen molar-refractivity contribution in [3.63, 3.8) is 0 Å². The SMILES string of the molecule is CCC1CCN(c2cccc(Cl)c2CNCCOC)C1. The fraction of sp³-hybridized carbons (Fsp3) is 0.625. The maximum atomic E-state index is 6.39. The second-order valence-corrected chi connectivity index (χ2v) is 5.82. The van der Waals surface area contributed by atoms with Gasteiger partial charge in [0.25, 0.3) is 0 Å². The van der Waals surface area contributed by atoms with E-state index < -0.39 is 0 Å². The van der Waals surface area contributed by atoms with Gasteiger partial charge in [-0.1, -0.05) is 31.0 Å². The molecule has 1 aromatic carbocycles. The van der Waals surface area contributed by atoms with Crippen LogP contribution in [0.2, 0.25) is 5.02 Å². The van der Waals surface area contributed by atoms with Crippen LogP contribution in [0.3, 0.4) is 0 Å². The molecule has 3 nitrogen and oxygen atoms in total. The molecule has 20 heavy (non-hydrogen) atoms. The topological polar surface area (TPSA) is 24.5 Å². The zero-order chi connectivity index (χ0) is 14.4. The molecule has 0 spiro atoms. The molecule has 1 N–H and O–H groups in total. The van der Waals surface area contributed by atoms with Gasteiger partial charge in [-0.2, -0.15) is 0 Å². The summed E-state index contributed by atoms with van der Waals surface area (Å²) < 4.78 is 5.06. The van der Waals surface area contributed by atoms with Crippen molar-refractivity contribution in [1.29, 1.82) is 0 Å². The first-order valence-electron chi connectivity index (χ1n) is 7.48. The van der Waals surface area contributed by atoms with E-state index in [2.05, 4.69) is 29.3 Å². The molecule has 112 valence electrons. The minimum atomic E-state index is 0.724. The number of nitrogens with zero attached hydrogens (tertiary/aromatic N) is 1. The first-order valence-corrected chi connectivity index (χ1v) is 7.86. The average molecular weight is 297 g/mol. The molecule has 1 fully saturated rings. The number of anilines is 1. The highest BCUT2D eigenvalue weighted by Crippen LogP contribution is 2.32. The minimum absolute atomic E-state index is 0.724. The van der Waals surface area contributed by atoms with Crippen molar-refractivity contribution >= 4 is 17.3 Å². The lowest BCUT2D eigenvalue weighted by molar-refractivity contribution is 0.199. The molecule has 0 aromatic heterocycles. The molecule has 0 aliphatic carbocycles. The molecule has 0 amide bonds. The Labute approximate surface area is 127 Å². The number of hydrogen-bond acceptors (Lipinski definition) is 3. The van der Waals surface area contributed by atoms with Crippen LogP contribution in [-0.4, -0.2) is 33.4 Å². The zero-order valence-electron chi connectivity index (χ0n) is 12.5. The summed E-state index contributed by atoms with van der Waals surface area (Å²) in [6.07, 6.45) is 2.55. The van der Waals surface area contributed by atoms with Crippen molar-refractivity contribution < 1.29 is 4.74 Å². The Balaban J connectivity index is 2.06. The van der Waals surface area contributed by atoms with E-state index in [0.717, 1.165) is 43.7 Å². The van der Waals surface area contributed by atoms with Gasteiger partial charge in [0.15, 0.2) is 0 Å². The summed E-state index contributed by atoms with van der Waals surface area (Å²) in [5.41, 5.74) is 2.50. The third-order valence-electron chi connectivity index (χ3n) is 4.08. The molecule has 2 rings (SSSR count). The van der Waals surface area contributed by atoms with Crippen molar-refractivity contribution in [3.05, 3.63) is 28.8 Å². The molecule has 1 heterocycles. The second kappa shape index (κ2) is 7.87. The first-order chi connectivity index (χ1) is 9.76. The standard InChI is InChI=1S/C16H25ClN2O/c1-3-13-7-9-19(12-13)16-6-4-5-15(17)14(16)11-18-8-10-20-2/h4-6,13,18H,3,7-12H2,1-2H3. The van der Waals surface area contributed by atoms with Gasteiger partial charge in [-0.25, -0.2) is 0 Å². The first kappa shape index (κ1) is 15.6. The van der Waals surface area contributed by atoms with Gasteiger partial charge < -0.3 is 15.0 Å². The molecule has 4 heteroatoms. The predicted octanol–water partition coefficient (Wildman–Crippen LogP) is 3.31. The lowest BCUT2D eigenvalue weighted by Crippen LogP contribution is -2.24. The van der Waals surface area contributed by atoms with Gasteiger partial charge in [-0.05, 0) is 24.5 Å². The second-order valence-electron chi connectivity index (χ2n) is 5.42. The van der Waals surface area contributed by atoms with Crippen LogP contribution in [0, 0.1) is 5.92 Å². The van der Waals surface area contributed by atoms with Gasteiger partial charge in [0.1, 0.15) is 0 Å². The van der Waals surface area contributed by atoms with Crippen LogP contribution >= 0.6 is 11.6 Å². The highest BCUT2D eigenvalue weighted by atomic mass is 35.5. The van der Waals surface area contributed by atoms with Gasteiger partial charge in [-0.15, -0.1) is 0 Å². The highest BCUT2D eigenvalue weighted by molar-refractivity contribution is 6.31. The summed E-state index contributed by atoms with van der Waals surface area (Å²) in [7, 11) is 1.72. The Morgan fingerprint density at radius 2 is 2.30 bits per heavy atom. The monoisotopic (exact) mass is 296 g/mol. The molecule has 1 unspecified atom stereocenters. The zero-order valence-corrected chi connectivity index (χ0v) is 13.2. The van der Waals surface area contributed by atoms with Gasteiger partial charge >= 0.3 is 0 Å². The Bertz CT molecular complexity index is 425. The summed E-state index contributed by atoms with van der Waals surface area (Å²) in [5.74, 6) is 0.822. The van der Waals surface area contributed by atoms with Gasteiger partial charge in [0.05, 0.1) is 6.61 Å². The molecule has 1 saturated heterocycles. The molecular formula is C16H25ClN2O. The Morgan fingerprint density at radius 1 is 1.45 bits per heavy atom. The van der Waals surface area contributed by atoms with Crippen LogP contribution in [0.5, 0.6) is 0 Å². The smallest absolute Gasteiger partial charge is 0.0587 e. The molecule has 0 radical (unpaired) electrons. The fourth-order valence-electron chi connectivity index (χ4n) is 2.79. The van der Waals surface area contributed by atoms with Crippen LogP contribution in [-0.2, 0) is 11.3 Å². The highest BCUT2D eigenvalue weighted by Gasteiger charge is 2.23. The summed E-state index contributed by atoms with van der Waals surface area (Å²) in [6, 6.07) is 6.22. The van der Waals surface area contributed by atoms with Gasteiger partial charge in [-0.3, -0.25) is 0 Å². The van der Waals surface area contributed by atoms with E-state index in [1.54, 1.807) is 7.11 Å². The van der Waals surface area contributed by atoms with Crippen molar-refractivity contribution in [1.82, 2.24) is 5.32 Å². The van der Waals surface area contributed by atoms with Crippen molar-refractivity contribution in [3.8, 4) is 0 Å². The lowest BCUT2D eigenvalue weighted by atomic mass is 10.1. The summed E-state index contributed by atoms with van der Waals surface area (Å²) in [6.45, 7) is 6.94. The number of nitrogens with one attached hydrogen (secondary N) is 1. The number of hydrogen-bond donors (Lipinski definition) is 1. The maximum Gasteiger partial charge on any atom is 0.0587 e. The largest absolute Gasteiger partial charge is 0.383 e. The number of ether oxygens (including phenoxy) is 1. The average Bonchev–Trinajstić information content (AvgIpc) is 2.93. The maximum absolute atomic E-state index is 6.39. The lowest BCUT2D eigenvalue weighted by Gasteiger charge is -2.23. The Hall–Kier alpha value is -0.770. The molecule has 1 aliphatic heterocycles. The van der Waals surface area contributed by atoms with Gasteiger partial charge in [0.2, 0.25) is 0 Å². The normalized spacial score (nSPS) is 18.8. The van der Waals surface area contributed by atoms with E-state index >= 15 is 0 Å². The number of methoxy groups -OCH3 is 1. The van der Waals surface area contributed by atoms with E-state index in [-0.39, 0.29) is 0 Å². The predicted molar refractivity (Wildman–Crippen MR) is 85.6 cm³/mol. The molecule has 1 aliphatic rings. The minimum Gasteiger partial charge on any atom is -0.383 e. The van der Waals surface area contributed by atoms with E-state index in [4.69, 9.17) is 16.3 Å². The van der Waals surface area contributed by atoms with Crippen LogP contribution in [0.1, 0.15) is 25.3 Å². The van der Waals surface area contributed by atoms with Crippen molar-refractivity contribution in [2.24, 2.45) is 5.92 Å². The summed E-state index contributed by atoms with van der Waals surface area (Å²) in [5, 5.41) is 4.25. The molecular weight excluding hydrogens is 272 g/mol. The molecule has 1 aromatic rings. The molecule has 0 saturated carbocycles. The Morgan fingerprint density at radius 3 is 3.00 bits per heavy atom. The number of rotatable bonds is 7. The van der Waals surface area contributed by atoms with Gasteiger partial charge in [0, 0.05) is 49.6 Å².